The minimum atomic E-state index is -1.09. The first kappa shape index (κ1) is 21.7. The first-order chi connectivity index (χ1) is 13.8. The van der Waals surface area contributed by atoms with Crippen LogP contribution in [0.2, 0.25) is 0 Å². The first-order valence-corrected chi connectivity index (χ1v) is 9.22. The normalized spacial score (nSPS) is 12.1. The first-order valence-electron chi connectivity index (χ1n) is 9.22. The molecular weight excluding hydrogens is 368 g/mol. The molecule has 0 aliphatic heterocycles. The van der Waals surface area contributed by atoms with E-state index in [-0.39, 0.29) is 5.57 Å². The zero-order valence-corrected chi connectivity index (χ0v) is 16.9. The summed E-state index contributed by atoms with van der Waals surface area (Å²) in [5.41, 5.74) is 2.14. The van der Waals surface area contributed by atoms with E-state index >= 15 is 0 Å². The molecule has 150 valence electrons. The lowest BCUT2D eigenvalue weighted by atomic mass is 10.0. The van der Waals surface area contributed by atoms with Crippen LogP contribution in [0.15, 0.2) is 54.1 Å². The van der Waals surface area contributed by atoms with Crippen LogP contribution < -0.4 is 10.1 Å². The molecule has 0 bridgehead atoms. The lowest BCUT2D eigenvalue weighted by molar-refractivity contribution is -0.148. The van der Waals surface area contributed by atoms with Crippen molar-refractivity contribution in [3.05, 3.63) is 65.2 Å². The zero-order valence-electron chi connectivity index (χ0n) is 16.9. The van der Waals surface area contributed by atoms with Crippen molar-refractivity contribution in [2.24, 2.45) is 0 Å². The summed E-state index contributed by atoms with van der Waals surface area (Å²) in [6, 6.07) is 16.3. The summed E-state index contributed by atoms with van der Waals surface area (Å²) >= 11 is 0. The number of nitrogens with one attached hydrogen (secondary N) is 1. The summed E-state index contributed by atoms with van der Waals surface area (Å²) < 4.78 is 10.3. The quantitative estimate of drug-likeness (QED) is 0.431. The van der Waals surface area contributed by atoms with E-state index in [0.717, 1.165) is 5.56 Å². The Hall–Kier alpha value is -3.59. The Labute approximate surface area is 170 Å². The van der Waals surface area contributed by atoms with Crippen LogP contribution in [0.4, 0.5) is 5.69 Å². The summed E-state index contributed by atoms with van der Waals surface area (Å²) in [5, 5.41) is 12.0. The van der Waals surface area contributed by atoms with Crippen molar-refractivity contribution >= 4 is 23.6 Å². The molecule has 6 nitrogen and oxygen atoms in total. The Morgan fingerprint density at radius 1 is 1.07 bits per heavy atom. The van der Waals surface area contributed by atoms with Gasteiger partial charge in [0.2, 0.25) is 0 Å². The number of nitrogens with zero attached hydrogens (tertiary/aromatic N) is 1. The van der Waals surface area contributed by atoms with E-state index in [4.69, 9.17) is 9.47 Å². The third kappa shape index (κ3) is 5.94. The maximum Gasteiger partial charge on any atom is 0.349 e. The zero-order chi connectivity index (χ0) is 21.4. The van der Waals surface area contributed by atoms with Crippen LogP contribution in [-0.2, 0) is 14.3 Å². The van der Waals surface area contributed by atoms with Gasteiger partial charge in [0.25, 0.3) is 5.91 Å². The van der Waals surface area contributed by atoms with Crippen molar-refractivity contribution < 1.29 is 19.1 Å². The molecule has 29 heavy (non-hydrogen) atoms. The van der Waals surface area contributed by atoms with E-state index < -0.39 is 18.0 Å². The molecule has 2 aromatic rings. The molecule has 0 aromatic heterocycles. The van der Waals surface area contributed by atoms with Crippen LogP contribution in [0.25, 0.3) is 6.08 Å². The molecule has 0 aliphatic rings. The highest BCUT2D eigenvalue weighted by molar-refractivity contribution is 6.01. The van der Waals surface area contributed by atoms with Gasteiger partial charge < -0.3 is 14.8 Å². The summed E-state index contributed by atoms with van der Waals surface area (Å²) in [4.78, 5) is 24.7. The van der Waals surface area contributed by atoms with Crippen molar-refractivity contribution in [3.8, 4) is 11.8 Å². The molecule has 0 heterocycles. The minimum Gasteiger partial charge on any atom is -0.495 e. The summed E-state index contributed by atoms with van der Waals surface area (Å²) in [7, 11) is 1.49. The average Bonchev–Trinajstić information content (AvgIpc) is 2.72. The van der Waals surface area contributed by atoms with Gasteiger partial charge in [-0.25, -0.2) is 4.79 Å². The number of rotatable bonds is 7. The van der Waals surface area contributed by atoms with Crippen LogP contribution in [0.3, 0.4) is 0 Å². The second-order valence-electron chi connectivity index (χ2n) is 6.73. The van der Waals surface area contributed by atoms with Gasteiger partial charge in [-0.3, -0.25) is 4.79 Å². The Bertz CT molecular complexity index is 940. The predicted octanol–water partition coefficient (Wildman–Crippen LogP) is 4.30. The second kappa shape index (κ2) is 10.1. The number of para-hydroxylation sites is 2. The molecule has 1 N–H and O–H groups in total. The third-order valence-corrected chi connectivity index (χ3v) is 4.27. The fourth-order valence-electron chi connectivity index (χ4n) is 2.54. The van der Waals surface area contributed by atoms with Gasteiger partial charge >= 0.3 is 5.97 Å². The van der Waals surface area contributed by atoms with Crippen molar-refractivity contribution in [2.75, 3.05) is 12.4 Å². The van der Waals surface area contributed by atoms with Crippen LogP contribution in [-0.4, -0.2) is 25.1 Å². The molecule has 0 radical (unpaired) electrons. The lowest BCUT2D eigenvalue weighted by Gasteiger charge is -2.15. The van der Waals surface area contributed by atoms with Gasteiger partial charge in [0, 0.05) is 0 Å². The number of carbonyl (C=O) groups excluding carboxylic acids is 2. The Morgan fingerprint density at radius 3 is 2.31 bits per heavy atom. The third-order valence-electron chi connectivity index (χ3n) is 4.27. The maximum atomic E-state index is 12.3. The number of anilines is 1. The number of amides is 1. The van der Waals surface area contributed by atoms with Crippen LogP contribution in [0, 0.1) is 11.3 Å². The smallest absolute Gasteiger partial charge is 0.349 e. The van der Waals surface area contributed by atoms with Crippen molar-refractivity contribution in [1.29, 1.82) is 5.26 Å². The monoisotopic (exact) mass is 392 g/mol. The minimum absolute atomic E-state index is 0.181. The number of hydrogen-bond acceptors (Lipinski definition) is 5. The number of esters is 1. The largest absolute Gasteiger partial charge is 0.495 e. The maximum absolute atomic E-state index is 12.3. The molecule has 1 amide bonds. The molecule has 0 saturated heterocycles. The number of nitriles is 1. The highest BCUT2D eigenvalue weighted by Crippen LogP contribution is 2.23. The van der Waals surface area contributed by atoms with Gasteiger partial charge in [-0.1, -0.05) is 50.2 Å². The lowest BCUT2D eigenvalue weighted by Crippen LogP contribution is -2.30. The number of ether oxygens (including phenoxy) is 2. The van der Waals surface area contributed by atoms with Crippen LogP contribution in [0.1, 0.15) is 37.8 Å². The Morgan fingerprint density at radius 2 is 1.72 bits per heavy atom. The van der Waals surface area contributed by atoms with Crippen molar-refractivity contribution in [1.82, 2.24) is 0 Å². The molecule has 2 rings (SSSR count). The highest BCUT2D eigenvalue weighted by atomic mass is 16.5. The van der Waals surface area contributed by atoms with E-state index in [1.54, 1.807) is 24.3 Å². The van der Waals surface area contributed by atoms with Gasteiger partial charge in [0.15, 0.2) is 6.10 Å². The summed E-state index contributed by atoms with van der Waals surface area (Å²) in [6.07, 6.45) is 0.351. The molecular formula is C23H24N2O4. The Balaban J connectivity index is 2.06. The number of carbonyl (C=O) groups is 2. The van der Waals surface area contributed by atoms with Gasteiger partial charge in [0.1, 0.15) is 17.4 Å². The standard InChI is InChI=1S/C23H24N2O4/c1-15(2)18-11-9-17(10-12-18)13-19(14-24)23(27)29-16(3)22(26)25-20-7-5-6-8-21(20)28-4/h5-13,15-16H,1-4H3,(H,25,26)/b19-13+/t16-/m0/s1. The van der Waals surface area contributed by atoms with Crippen molar-refractivity contribution in [3.63, 3.8) is 0 Å². The van der Waals surface area contributed by atoms with Gasteiger partial charge in [0.05, 0.1) is 12.8 Å². The van der Waals surface area contributed by atoms with E-state index in [1.807, 2.05) is 30.3 Å². The van der Waals surface area contributed by atoms with E-state index in [0.29, 0.717) is 22.9 Å². The van der Waals surface area contributed by atoms with Crippen LogP contribution >= 0.6 is 0 Å². The average molecular weight is 392 g/mol. The van der Waals surface area contributed by atoms with Crippen molar-refractivity contribution in [2.45, 2.75) is 32.8 Å². The number of benzene rings is 2. The summed E-state index contributed by atoms with van der Waals surface area (Å²) in [6.45, 7) is 5.61. The molecule has 6 heteroatoms. The molecule has 2 aromatic carbocycles. The molecule has 0 aliphatic carbocycles. The number of methoxy groups -OCH3 is 1. The molecule has 0 fully saturated rings. The number of hydrogen-bond donors (Lipinski definition) is 1. The van der Waals surface area contributed by atoms with E-state index in [9.17, 15) is 14.9 Å². The van der Waals surface area contributed by atoms with E-state index in [1.165, 1.54) is 20.1 Å². The predicted molar refractivity (Wildman–Crippen MR) is 111 cm³/mol. The molecule has 0 spiro atoms. The summed E-state index contributed by atoms with van der Waals surface area (Å²) in [5.74, 6) is -0.512. The fourth-order valence-corrected chi connectivity index (χ4v) is 2.54. The SMILES string of the molecule is COc1ccccc1NC(=O)[C@H](C)OC(=O)/C(C#N)=C/c1ccc(C(C)C)cc1. The Kier molecular flexibility index (Phi) is 7.55. The van der Waals surface area contributed by atoms with E-state index in [2.05, 4.69) is 19.2 Å². The van der Waals surface area contributed by atoms with Gasteiger partial charge in [-0.2, -0.15) is 5.26 Å². The second-order valence-corrected chi connectivity index (χ2v) is 6.73. The molecule has 1 atom stereocenters. The van der Waals surface area contributed by atoms with Gasteiger partial charge in [-0.05, 0) is 42.2 Å². The van der Waals surface area contributed by atoms with Gasteiger partial charge in [-0.15, -0.1) is 0 Å². The fraction of sp³-hybridized carbons (Fsp3) is 0.261. The molecule has 0 saturated carbocycles. The molecule has 0 unspecified atom stereocenters. The topological polar surface area (TPSA) is 88.4 Å². The van der Waals surface area contributed by atoms with Crippen LogP contribution in [0.5, 0.6) is 5.75 Å². The highest BCUT2D eigenvalue weighted by Gasteiger charge is 2.21.